The van der Waals surface area contributed by atoms with Crippen molar-refractivity contribution in [2.75, 3.05) is 32.8 Å². The molecule has 28 heavy (non-hydrogen) atoms. The van der Waals surface area contributed by atoms with Crippen molar-refractivity contribution < 1.29 is 18.1 Å². The lowest BCUT2D eigenvalue weighted by Gasteiger charge is -2.28. The van der Waals surface area contributed by atoms with Crippen LogP contribution in [0, 0.1) is 6.92 Å². The van der Waals surface area contributed by atoms with E-state index in [1.165, 1.54) is 4.90 Å². The molecule has 0 bridgehead atoms. The van der Waals surface area contributed by atoms with Crippen molar-refractivity contribution in [1.29, 1.82) is 0 Å². The van der Waals surface area contributed by atoms with Crippen LogP contribution >= 0.6 is 0 Å². The fourth-order valence-corrected chi connectivity index (χ4v) is 4.78. The molecule has 1 fully saturated rings. The van der Waals surface area contributed by atoms with Crippen molar-refractivity contribution in [2.45, 2.75) is 37.6 Å². The summed E-state index contributed by atoms with van der Waals surface area (Å²) >= 11 is 0. The Labute approximate surface area is 168 Å². The quantitative estimate of drug-likeness (QED) is 0.708. The van der Waals surface area contributed by atoms with Gasteiger partial charge in [-0.1, -0.05) is 55.3 Å². The molecule has 6 heteroatoms. The Morgan fingerprint density at radius 1 is 1.04 bits per heavy atom. The minimum atomic E-state index is -3.59. The smallest absolute Gasteiger partial charge is 0.241 e. The van der Waals surface area contributed by atoms with Gasteiger partial charge in [0, 0.05) is 0 Å². The first-order valence-corrected chi connectivity index (χ1v) is 11.6. The molecule has 0 radical (unpaired) electrons. The predicted octanol–water partition coefficient (Wildman–Crippen LogP) is 1.88. The monoisotopic (exact) mass is 403 g/mol. The van der Waals surface area contributed by atoms with E-state index in [1.54, 1.807) is 12.1 Å². The molecule has 152 valence electrons. The van der Waals surface area contributed by atoms with Gasteiger partial charge in [0.05, 0.1) is 30.7 Å². The Morgan fingerprint density at radius 3 is 2.29 bits per heavy atom. The molecule has 2 N–H and O–H groups in total. The molecule has 1 aliphatic heterocycles. The van der Waals surface area contributed by atoms with E-state index < -0.39 is 10.0 Å². The molecular weight excluding hydrogens is 372 g/mol. The van der Waals surface area contributed by atoms with Gasteiger partial charge >= 0.3 is 0 Å². The van der Waals surface area contributed by atoms with Crippen molar-refractivity contribution in [3.63, 3.8) is 0 Å². The standard InChI is InChI=1S/C22H30N2O3S/c1-3-4-19-7-11-21(12-8-19)28(25,26)23-22(17-24-13-15-27-16-14-24)20-9-5-18(2)6-10-20/h5-12,22-23H,3-4,13-17H2,1-2H3/p+1/t22-/m1/s1. The van der Waals surface area contributed by atoms with E-state index in [-0.39, 0.29) is 6.04 Å². The largest absolute Gasteiger partial charge is 0.370 e. The van der Waals surface area contributed by atoms with E-state index in [0.717, 1.165) is 55.8 Å². The van der Waals surface area contributed by atoms with E-state index in [0.29, 0.717) is 11.4 Å². The van der Waals surface area contributed by atoms with Crippen LogP contribution in [-0.2, 0) is 21.2 Å². The number of sulfonamides is 1. The lowest BCUT2D eigenvalue weighted by molar-refractivity contribution is -0.909. The van der Waals surface area contributed by atoms with Gasteiger partial charge in [0.25, 0.3) is 0 Å². The molecule has 1 saturated heterocycles. The van der Waals surface area contributed by atoms with Gasteiger partial charge < -0.3 is 9.64 Å². The molecule has 1 atom stereocenters. The molecule has 1 aliphatic rings. The molecule has 0 amide bonds. The molecular formula is C22H31N2O3S+. The molecule has 2 aromatic carbocycles. The highest BCUT2D eigenvalue weighted by molar-refractivity contribution is 7.89. The van der Waals surface area contributed by atoms with Crippen LogP contribution < -0.4 is 9.62 Å². The molecule has 1 heterocycles. The van der Waals surface area contributed by atoms with Crippen LogP contribution in [0.3, 0.4) is 0 Å². The Morgan fingerprint density at radius 2 is 1.68 bits per heavy atom. The number of nitrogens with one attached hydrogen (secondary N) is 2. The highest BCUT2D eigenvalue weighted by Crippen LogP contribution is 2.18. The van der Waals surface area contributed by atoms with E-state index in [9.17, 15) is 8.42 Å². The normalized spacial score (nSPS) is 16.8. The van der Waals surface area contributed by atoms with Gasteiger partial charge in [-0.25, -0.2) is 8.42 Å². The van der Waals surface area contributed by atoms with E-state index in [1.807, 2.05) is 43.3 Å². The summed E-state index contributed by atoms with van der Waals surface area (Å²) < 4.78 is 34.5. The van der Waals surface area contributed by atoms with E-state index in [4.69, 9.17) is 4.74 Å². The highest BCUT2D eigenvalue weighted by atomic mass is 32.2. The number of aryl methyl sites for hydroxylation is 2. The van der Waals surface area contributed by atoms with Crippen LogP contribution in [0.1, 0.15) is 36.1 Å². The molecule has 2 aromatic rings. The van der Waals surface area contributed by atoms with Gasteiger partial charge in [0.15, 0.2) is 0 Å². The van der Waals surface area contributed by atoms with Crippen LogP contribution in [0.2, 0.25) is 0 Å². The minimum Gasteiger partial charge on any atom is -0.370 e. The fourth-order valence-electron chi connectivity index (χ4n) is 3.56. The van der Waals surface area contributed by atoms with Crippen molar-refractivity contribution in [2.24, 2.45) is 0 Å². The summed E-state index contributed by atoms with van der Waals surface area (Å²) in [6.07, 6.45) is 2.00. The number of benzene rings is 2. The summed E-state index contributed by atoms with van der Waals surface area (Å²) in [6, 6.07) is 15.1. The fraction of sp³-hybridized carbons (Fsp3) is 0.455. The van der Waals surface area contributed by atoms with Crippen LogP contribution in [0.25, 0.3) is 0 Å². The molecule has 3 rings (SSSR count). The summed E-state index contributed by atoms with van der Waals surface area (Å²) in [5, 5.41) is 0. The Hall–Kier alpha value is -1.73. The maximum atomic E-state index is 13.0. The predicted molar refractivity (Wildman–Crippen MR) is 111 cm³/mol. The molecule has 5 nitrogen and oxygen atoms in total. The van der Waals surface area contributed by atoms with Crippen molar-refractivity contribution >= 4 is 10.0 Å². The molecule has 0 saturated carbocycles. The SMILES string of the molecule is CCCc1ccc(S(=O)(=O)N[C@H](C[NH+]2CCOCC2)c2ccc(C)cc2)cc1. The van der Waals surface area contributed by atoms with Crippen molar-refractivity contribution in [3.05, 3.63) is 65.2 Å². The Kier molecular flexibility index (Phi) is 7.24. The second kappa shape index (κ2) is 9.65. The first-order chi connectivity index (χ1) is 13.5. The zero-order valence-electron chi connectivity index (χ0n) is 16.8. The van der Waals surface area contributed by atoms with Gasteiger partial charge in [-0.15, -0.1) is 0 Å². The second-order valence-electron chi connectivity index (χ2n) is 7.55. The number of quaternary nitrogens is 1. The van der Waals surface area contributed by atoms with Gasteiger partial charge in [-0.2, -0.15) is 4.72 Å². The van der Waals surface area contributed by atoms with Gasteiger partial charge in [0.2, 0.25) is 10.0 Å². The topological polar surface area (TPSA) is 59.8 Å². The first kappa shape index (κ1) is 21.0. The van der Waals surface area contributed by atoms with Crippen LogP contribution in [0.5, 0.6) is 0 Å². The third-order valence-corrected chi connectivity index (χ3v) is 6.73. The molecule has 0 unspecified atom stereocenters. The average Bonchev–Trinajstić information content (AvgIpc) is 2.69. The Bertz CT molecular complexity index is 842. The van der Waals surface area contributed by atoms with Crippen LogP contribution in [-0.4, -0.2) is 41.3 Å². The molecule has 0 aromatic heterocycles. The van der Waals surface area contributed by atoms with E-state index in [2.05, 4.69) is 11.6 Å². The summed E-state index contributed by atoms with van der Waals surface area (Å²) in [7, 11) is -3.59. The number of hydrogen-bond donors (Lipinski definition) is 2. The zero-order chi connectivity index (χ0) is 20.0. The number of morpholine rings is 1. The third kappa shape index (κ3) is 5.64. The second-order valence-corrected chi connectivity index (χ2v) is 9.26. The average molecular weight is 404 g/mol. The van der Waals surface area contributed by atoms with Crippen LogP contribution in [0.4, 0.5) is 0 Å². The number of ether oxygens (including phenoxy) is 1. The minimum absolute atomic E-state index is 0.269. The number of hydrogen-bond acceptors (Lipinski definition) is 3. The zero-order valence-corrected chi connectivity index (χ0v) is 17.6. The maximum Gasteiger partial charge on any atom is 0.241 e. The van der Waals surface area contributed by atoms with Crippen LogP contribution in [0.15, 0.2) is 53.4 Å². The first-order valence-electron chi connectivity index (χ1n) is 10.1. The lowest BCUT2D eigenvalue weighted by atomic mass is 10.1. The highest BCUT2D eigenvalue weighted by Gasteiger charge is 2.26. The lowest BCUT2D eigenvalue weighted by Crippen LogP contribution is -3.14. The third-order valence-electron chi connectivity index (χ3n) is 5.24. The van der Waals surface area contributed by atoms with E-state index >= 15 is 0 Å². The summed E-state index contributed by atoms with van der Waals surface area (Å²) in [5.74, 6) is 0. The summed E-state index contributed by atoms with van der Waals surface area (Å²) in [5.41, 5.74) is 3.32. The van der Waals surface area contributed by atoms with Gasteiger partial charge in [0.1, 0.15) is 13.1 Å². The number of rotatable bonds is 8. The molecule has 0 aliphatic carbocycles. The van der Waals surface area contributed by atoms with Crippen molar-refractivity contribution in [3.8, 4) is 0 Å². The summed E-state index contributed by atoms with van der Waals surface area (Å²) in [6.45, 7) is 8.11. The van der Waals surface area contributed by atoms with Gasteiger partial charge in [-0.3, -0.25) is 0 Å². The van der Waals surface area contributed by atoms with Gasteiger partial charge in [-0.05, 0) is 36.6 Å². The maximum absolute atomic E-state index is 13.0. The summed E-state index contributed by atoms with van der Waals surface area (Å²) in [4.78, 5) is 1.68. The van der Waals surface area contributed by atoms with Crippen molar-refractivity contribution in [1.82, 2.24) is 4.72 Å². The Balaban J connectivity index is 1.81. The molecule has 0 spiro atoms.